The van der Waals surface area contributed by atoms with Crippen molar-refractivity contribution in [1.29, 1.82) is 0 Å². The van der Waals surface area contributed by atoms with E-state index in [0.717, 1.165) is 0 Å². The minimum atomic E-state index is -3.62. The molecule has 0 aliphatic carbocycles. The molecule has 1 aromatic carbocycles. The van der Waals surface area contributed by atoms with Gasteiger partial charge >= 0.3 is 0 Å². The minimum absolute atomic E-state index is 0.102. The number of hydrogen-bond donors (Lipinski definition) is 1. The zero-order valence-electron chi connectivity index (χ0n) is 14.6. The second kappa shape index (κ2) is 7.97. The summed E-state index contributed by atoms with van der Waals surface area (Å²) >= 11 is 0. The van der Waals surface area contributed by atoms with Crippen LogP contribution in [0.3, 0.4) is 0 Å². The van der Waals surface area contributed by atoms with Crippen LogP contribution in [0.2, 0.25) is 0 Å². The number of benzene rings is 1. The van der Waals surface area contributed by atoms with Gasteiger partial charge in [-0.15, -0.1) is 0 Å². The lowest BCUT2D eigenvalue weighted by Gasteiger charge is -2.31. The van der Waals surface area contributed by atoms with E-state index in [2.05, 4.69) is 0 Å². The Hall–Kier alpha value is -1.93. The number of hydrogen-bond acceptors (Lipinski definition) is 4. The van der Waals surface area contributed by atoms with Gasteiger partial charge in [-0.05, 0) is 31.0 Å². The highest BCUT2D eigenvalue weighted by molar-refractivity contribution is 7.89. The molecule has 2 rings (SSSR count). The Balaban J connectivity index is 2.26. The molecular formula is C17H25N3O4S. The van der Waals surface area contributed by atoms with Crippen molar-refractivity contribution in [3.05, 3.63) is 29.8 Å². The third-order valence-electron chi connectivity index (χ3n) is 4.54. The van der Waals surface area contributed by atoms with Crippen LogP contribution in [0.25, 0.3) is 0 Å². The average Bonchev–Trinajstić information content (AvgIpc) is 2.62. The Kier molecular flexibility index (Phi) is 6.18. The van der Waals surface area contributed by atoms with E-state index >= 15 is 0 Å². The fourth-order valence-electron chi connectivity index (χ4n) is 3.08. The lowest BCUT2D eigenvalue weighted by atomic mass is 9.97. The first kappa shape index (κ1) is 19.4. The molecule has 1 aliphatic heterocycles. The monoisotopic (exact) mass is 367 g/mol. The van der Waals surface area contributed by atoms with Gasteiger partial charge in [-0.2, -0.15) is 4.31 Å². The summed E-state index contributed by atoms with van der Waals surface area (Å²) in [5.74, 6) is -1.03. The molecule has 0 spiro atoms. The lowest BCUT2D eigenvalue weighted by molar-refractivity contribution is -0.123. The number of rotatable bonds is 6. The maximum Gasteiger partial charge on any atom is 0.253 e. The molecule has 25 heavy (non-hydrogen) atoms. The molecule has 1 heterocycles. The van der Waals surface area contributed by atoms with Crippen molar-refractivity contribution < 1.29 is 18.0 Å². The summed E-state index contributed by atoms with van der Waals surface area (Å²) in [5.41, 5.74) is 5.66. The van der Waals surface area contributed by atoms with Crippen molar-refractivity contribution in [2.45, 2.75) is 31.6 Å². The van der Waals surface area contributed by atoms with Crippen LogP contribution in [0.1, 0.15) is 37.0 Å². The van der Waals surface area contributed by atoms with Crippen LogP contribution < -0.4 is 5.73 Å². The molecule has 1 fully saturated rings. The van der Waals surface area contributed by atoms with E-state index in [4.69, 9.17) is 5.73 Å². The second-order valence-electron chi connectivity index (χ2n) is 6.11. The van der Waals surface area contributed by atoms with Gasteiger partial charge in [0.1, 0.15) is 0 Å². The normalized spacial score (nSPS) is 18.4. The zero-order valence-corrected chi connectivity index (χ0v) is 15.5. The van der Waals surface area contributed by atoms with Crippen LogP contribution in [0.4, 0.5) is 0 Å². The van der Waals surface area contributed by atoms with Crippen LogP contribution in [0, 0.1) is 5.92 Å². The van der Waals surface area contributed by atoms with E-state index < -0.39 is 15.9 Å². The molecule has 8 heteroatoms. The van der Waals surface area contributed by atoms with Gasteiger partial charge in [0.05, 0.1) is 10.8 Å². The standard InChI is InChI=1S/C17H25N3O4S/c1-3-20(4-2)25(23,24)15-9-5-7-13(11-15)17(22)19-10-6-8-14(12-19)16(18)21/h5,7,9,11,14H,3-4,6,8,10,12H2,1-2H3,(H2,18,21). The molecule has 138 valence electrons. The summed E-state index contributed by atoms with van der Waals surface area (Å²) < 4.78 is 26.6. The fourth-order valence-corrected chi connectivity index (χ4v) is 4.58. The minimum Gasteiger partial charge on any atom is -0.369 e. The van der Waals surface area contributed by atoms with Crippen LogP contribution in [0.5, 0.6) is 0 Å². The van der Waals surface area contributed by atoms with Crippen molar-refractivity contribution in [2.75, 3.05) is 26.2 Å². The SMILES string of the molecule is CCN(CC)S(=O)(=O)c1cccc(C(=O)N2CCCC(C(N)=O)C2)c1. The molecule has 1 aliphatic rings. The Bertz CT molecular complexity index is 744. The number of nitrogens with two attached hydrogens (primary N) is 1. The Morgan fingerprint density at radius 3 is 2.56 bits per heavy atom. The molecule has 0 saturated carbocycles. The topological polar surface area (TPSA) is 101 Å². The number of amides is 2. The molecule has 1 atom stereocenters. The highest BCUT2D eigenvalue weighted by Gasteiger charge is 2.28. The highest BCUT2D eigenvalue weighted by Crippen LogP contribution is 2.21. The lowest BCUT2D eigenvalue weighted by Crippen LogP contribution is -2.44. The van der Waals surface area contributed by atoms with Crippen molar-refractivity contribution in [1.82, 2.24) is 9.21 Å². The van der Waals surface area contributed by atoms with E-state index in [-0.39, 0.29) is 23.3 Å². The smallest absolute Gasteiger partial charge is 0.253 e. The molecule has 7 nitrogen and oxygen atoms in total. The van der Waals surface area contributed by atoms with Crippen LogP contribution in [-0.4, -0.2) is 55.6 Å². The zero-order chi connectivity index (χ0) is 18.6. The van der Waals surface area contributed by atoms with Crippen LogP contribution in [-0.2, 0) is 14.8 Å². The maximum absolute atomic E-state index is 12.7. The number of nitrogens with zero attached hydrogens (tertiary/aromatic N) is 2. The molecular weight excluding hydrogens is 342 g/mol. The molecule has 0 radical (unpaired) electrons. The van der Waals surface area contributed by atoms with Crippen molar-refractivity contribution >= 4 is 21.8 Å². The number of carbonyl (C=O) groups is 2. The fraction of sp³-hybridized carbons (Fsp3) is 0.529. The molecule has 1 aromatic rings. The third kappa shape index (κ3) is 4.19. The largest absolute Gasteiger partial charge is 0.369 e. The highest BCUT2D eigenvalue weighted by atomic mass is 32.2. The van der Waals surface area contributed by atoms with Gasteiger partial charge in [0.25, 0.3) is 5.91 Å². The number of piperidine rings is 1. The van der Waals surface area contributed by atoms with Crippen molar-refractivity contribution in [2.24, 2.45) is 11.7 Å². The number of primary amides is 1. The maximum atomic E-state index is 12.7. The van der Waals surface area contributed by atoms with E-state index in [1.165, 1.54) is 16.4 Å². The summed E-state index contributed by atoms with van der Waals surface area (Å²) in [5, 5.41) is 0. The number of likely N-dealkylation sites (tertiary alicyclic amines) is 1. The first-order chi connectivity index (χ1) is 11.8. The molecule has 0 aromatic heterocycles. The Labute approximate surface area is 148 Å². The van der Waals surface area contributed by atoms with E-state index in [1.54, 1.807) is 30.9 Å². The van der Waals surface area contributed by atoms with Crippen LogP contribution in [0.15, 0.2) is 29.2 Å². The average molecular weight is 367 g/mol. The predicted molar refractivity (Wildman–Crippen MR) is 94.4 cm³/mol. The summed E-state index contributed by atoms with van der Waals surface area (Å²) in [6.45, 7) is 5.09. The van der Waals surface area contributed by atoms with Gasteiger partial charge in [-0.25, -0.2) is 8.42 Å². The number of sulfonamides is 1. The van der Waals surface area contributed by atoms with Gasteiger partial charge < -0.3 is 10.6 Å². The molecule has 2 amide bonds. The predicted octanol–water partition coefficient (Wildman–Crippen LogP) is 1.05. The van der Waals surface area contributed by atoms with Gasteiger partial charge in [0.2, 0.25) is 15.9 Å². The van der Waals surface area contributed by atoms with E-state index in [0.29, 0.717) is 38.0 Å². The van der Waals surface area contributed by atoms with Crippen LogP contribution >= 0.6 is 0 Å². The summed E-state index contributed by atoms with van der Waals surface area (Å²) in [6, 6.07) is 6.06. The third-order valence-corrected chi connectivity index (χ3v) is 6.58. The van der Waals surface area contributed by atoms with Gasteiger partial charge in [-0.3, -0.25) is 9.59 Å². The Morgan fingerprint density at radius 2 is 1.96 bits per heavy atom. The molecule has 1 saturated heterocycles. The summed E-state index contributed by atoms with van der Waals surface area (Å²) in [7, 11) is -3.62. The van der Waals surface area contributed by atoms with Crippen molar-refractivity contribution in [3.63, 3.8) is 0 Å². The first-order valence-electron chi connectivity index (χ1n) is 8.50. The quantitative estimate of drug-likeness (QED) is 0.812. The molecule has 0 bridgehead atoms. The molecule has 2 N–H and O–H groups in total. The van der Waals surface area contributed by atoms with Gasteiger partial charge in [0.15, 0.2) is 0 Å². The first-order valence-corrected chi connectivity index (χ1v) is 9.94. The van der Waals surface area contributed by atoms with Gasteiger partial charge in [0, 0.05) is 31.7 Å². The Morgan fingerprint density at radius 1 is 1.28 bits per heavy atom. The molecule has 1 unspecified atom stereocenters. The second-order valence-corrected chi connectivity index (χ2v) is 8.05. The number of carbonyl (C=O) groups excluding carboxylic acids is 2. The summed E-state index contributed by atoms with van der Waals surface area (Å²) in [6.07, 6.45) is 1.38. The summed E-state index contributed by atoms with van der Waals surface area (Å²) in [4.78, 5) is 25.8. The van der Waals surface area contributed by atoms with Gasteiger partial charge in [-0.1, -0.05) is 19.9 Å². The van der Waals surface area contributed by atoms with E-state index in [9.17, 15) is 18.0 Å². The van der Waals surface area contributed by atoms with Crippen molar-refractivity contribution in [3.8, 4) is 0 Å². The van der Waals surface area contributed by atoms with E-state index in [1.807, 2.05) is 0 Å².